The molecule has 0 unspecified atom stereocenters. The van der Waals surface area contributed by atoms with Gasteiger partial charge in [-0.05, 0) is 112 Å². The molecule has 8 aromatic rings. The summed E-state index contributed by atoms with van der Waals surface area (Å²) < 4.78 is 187. The van der Waals surface area contributed by atoms with Crippen molar-refractivity contribution in [3.63, 3.8) is 0 Å². The van der Waals surface area contributed by atoms with Crippen LogP contribution in [0.1, 0.15) is 87.1 Å². The Bertz CT molecular complexity index is 3920. The molecule has 28 heteroatoms. The lowest BCUT2D eigenvalue weighted by Crippen LogP contribution is -2.18. The molecule has 16 nitrogen and oxygen atoms in total. The predicted octanol–water partition coefficient (Wildman–Crippen LogP) is 17.5. The van der Waals surface area contributed by atoms with Gasteiger partial charge in [-0.1, -0.05) is 116 Å². The molecule has 0 spiro atoms. The second kappa shape index (κ2) is 29.7. The normalized spacial score (nSPS) is 11.4. The molecule has 500 valence electrons. The predicted molar refractivity (Wildman–Crippen MR) is 316 cm³/mol. The number of ether oxygens (including phenoxy) is 7. The summed E-state index contributed by atoms with van der Waals surface area (Å²) in [4.78, 5) is 75.0. The van der Waals surface area contributed by atoms with Gasteiger partial charge in [-0.3, -0.25) is 14.4 Å². The molecule has 0 fully saturated rings. The van der Waals surface area contributed by atoms with Crippen LogP contribution in [0.4, 0.5) is 52.7 Å². The van der Waals surface area contributed by atoms with E-state index in [-0.39, 0.29) is 51.9 Å². The van der Waals surface area contributed by atoms with Crippen molar-refractivity contribution < 1.29 is 130 Å². The Morgan fingerprint density at radius 1 is 0.305 bits per heavy atom. The standard InChI is InChI=1S/C36H30F6O8.C30H18F6O8.CH4/c1-20-5-7-24(8-6-20)32-29(17-46-21(2)43)33(25-9-13-27(14-10-25)49-35(37,38)39)31(19-48-23(4)45)34(30(32)18-47-22(3)44)26-11-15-28(16-12-26)50-36(40,41)42;1-14-2-4-15(5-3-14)20-23(26(37)38)21(16-6-10-18(11-7-16)43-29(31,32)33)25(28(41)42)22(24(20)27(39)40)17-8-12-19(13-9-17)44-30(34,35)36;/h5-16H,17-19H2,1-4H3;2-13H,1H3,(H,37,38)(H,39,40)(H,41,42);1H4. The lowest BCUT2D eigenvalue weighted by molar-refractivity contribution is -0.275. The van der Waals surface area contributed by atoms with Crippen molar-refractivity contribution in [1.29, 1.82) is 0 Å². The van der Waals surface area contributed by atoms with Crippen LogP contribution in [-0.2, 0) is 48.4 Å². The van der Waals surface area contributed by atoms with Gasteiger partial charge < -0.3 is 48.5 Å². The average molecular weight is 1340 g/mol. The summed E-state index contributed by atoms with van der Waals surface area (Å²) in [6, 6.07) is 29.5. The van der Waals surface area contributed by atoms with Crippen LogP contribution >= 0.6 is 0 Å². The highest BCUT2D eigenvalue weighted by Crippen LogP contribution is 2.49. The van der Waals surface area contributed by atoms with Gasteiger partial charge in [0.15, 0.2) is 0 Å². The highest BCUT2D eigenvalue weighted by Gasteiger charge is 2.38. The van der Waals surface area contributed by atoms with E-state index in [2.05, 4.69) is 18.9 Å². The number of hydrogen-bond acceptors (Lipinski definition) is 13. The van der Waals surface area contributed by atoms with Crippen LogP contribution < -0.4 is 18.9 Å². The third-order valence-electron chi connectivity index (χ3n) is 13.4. The molecule has 0 aliphatic rings. The zero-order valence-electron chi connectivity index (χ0n) is 49.2. The number of aryl methyl sites for hydroxylation is 2. The quantitative estimate of drug-likeness (QED) is 0.0388. The van der Waals surface area contributed by atoms with E-state index >= 15 is 0 Å². The van der Waals surface area contributed by atoms with Gasteiger partial charge in [0.2, 0.25) is 0 Å². The van der Waals surface area contributed by atoms with E-state index in [0.717, 1.165) is 85.3 Å². The number of carbonyl (C=O) groups excluding carboxylic acids is 3. The summed E-state index contributed by atoms with van der Waals surface area (Å²) in [5, 5.41) is 31.1. The van der Waals surface area contributed by atoms with Crippen molar-refractivity contribution in [3.05, 3.63) is 190 Å². The minimum atomic E-state index is -5.07. The van der Waals surface area contributed by atoms with E-state index in [1.54, 1.807) is 31.2 Å². The molecule has 8 rings (SSSR count). The highest BCUT2D eigenvalue weighted by molar-refractivity contribution is 6.20. The molecular formula is C67H52F12O16. The summed E-state index contributed by atoms with van der Waals surface area (Å²) in [6.45, 7) is 5.78. The van der Waals surface area contributed by atoms with Crippen LogP contribution in [0.2, 0.25) is 0 Å². The fraction of sp³-hybridized carbons (Fsp3) is 0.194. The van der Waals surface area contributed by atoms with Crippen LogP contribution in [0, 0.1) is 13.8 Å². The van der Waals surface area contributed by atoms with E-state index in [0.29, 0.717) is 27.8 Å². The summed E-state index contributed by atoms with van der Waals surface area (Å²) in [5.74, 6) is -9.91. The Kier molecular flexibility index (Phi) is 22.8. The van der Waals surface area contributed by atoms with Crippen LogP contribution in [0.5, 0.6) is 23.0 Å². The topological polar surface area (TPSA) is 228 Å². The zero-order valence-corrected chi connectivity index (χ0v) is 49.2. The van der Waals surface area contributed by atoms with Gasteiger partial charge in [0.1, 0.15) is 42.8 Å². The number of aromatic carboxylic acids is 3. The van der Waals surface area contributed by atoms with Crippen LogP contribution in [0.25, 0.3) is 66.8 Å². The Morgan fingerprint density at radius 3 is 0.632 bits per heavy atom. The molecule has 0 bridgehead atoms. The third-order valence-corrected chi connectivity index (χ3v) is 13.4. The lowest BCUT2D eigenvalue weighted by Gasteiger charge is -2.27. The zero-order chi connectivity index (χ0) is 69.4. The first-order valence-electron chi connectivity index (χ1n) is 27.0. The van der Waals surface area contributed by atoms with Crippen molar-refractivity contribution in [1.82, 2.24) is 0 Å². The van der Waals surface area contributed by atoms with E-state index in [1.807, 2.05) is 6.92 Å². The third kappa shape index (κ3) is 19.3. The first-order valence-corrected chi connectivity index (χ1v) is 27.0. The number of carboxylic acids is 3. The summed E-state index contributed by atoms with van der Waals surface area (Å²) in [6.07, 6.45) is -20.1. The van der Waals surface area contributed by atoms with E-state index < -0.39 is 137 Å². The fourth-order valence-corrected chi connectivity index (χ4v) is 9.91. The Balaban J connectivity index is 0.000000300. The van der Waals surface area contributed by atoms with Crippen molar-refractivity contribution in [2.24, 2.45) is 0 Å². The number of rotatable bonds is 19. The molecule has 0 radical (unpaired) electrons. The summed E-state index contributed by atoms with van der Waals surface area (Å²) in [7, 11) is 0. The maximum atomic E-state index is 13.0. The fourth-order valence-electron chi connectivity index (χ4n) is 9.91. The smallest absolute Gasteiger partial charge is 0.478 e. The van der Waals surface area contributed by atoms with Gasteiger partial charge in [-0.15, -0.1) is 52.7 Å². The van der Waals surface area contributed by atoms with Gasteiger partial charge >= 0.3 is 61.3 Å². The summed E-state index contributed by atoms with van der Waals surface area (Å²) >= 11 is 0. The SMILES string of the molecule is C.CC(=O)OCc1c(-c2ccc(C)cc2)c(COC(C)=O)c(-c2ccc(OC(F)(F)F)cc2)c(COC(C)=O)c1-c1ccc(OC(F)(F)F)cc1.Cc1ccc(-c2c(C(=O)O)c(-c3ccc(OC(F)(F)F)cc3)c(C(=O)O)c(-c3ccc(OC(F)(F)F)cc3)c2C(=O)O)cc1. The van der Waals surface area contributed by atoms with Gasteiger partial charge in [-0.25, -0.2) is 14.4 Å². The Labute approximate surface area is 531 Å². The van der Waals surface area contributed by atoms with Crippen molar-refractivity contribution in [3.8, 4) is 89.8 Å². The molecule has 0 saturated heterocycles. The van der Waals surface area contributed by atoms with Gasteiger partial charge in [0.25, 0.3) is 0 Å². The first kappa shape index (κ1) is 73.0. The first-order chi connectivity index (χ1) is 43.9. The molecule has 8 aromatic carbocycles. The van der Waals surface area contributed by atoms with Crippen molar-refractivity contribution in [2.45, 2.75) is 87.3 Å². The minimum absolute atomic E-state index is 0. The minimum Gasteiger partial charge on any atom is -0.478 e. The molecule has 0 atom stereocenters. The molecule has 0 aliphatic carbocycles. The molecule has 0 aromatic heterocycles. The maximum absolute atomic E-state index is 13.0. The van der Waals surface area contributed by atoms with E-state index in [4.69, 9.17) is 14.2 Å². The molecule has 95 heavy (non-hydrogen) atoms. The van der Waals surface area contributed by atoms with Gasteiger partial charge in [0.05, 0.1) is 16.7 Å². The maximum Gasteiger partial charge on any atom is 0.573 e. The van der Waals surface area contributed by atoms with E-state index in [1.165, 1.54) is 62.4 Å². The molecule has 0 heterocycles. The number of carboxylic acid groups (broad SMARTS) is 3. The van der Waals surface area contributed by atoms with Crippen molar-refractivity contribution in [2.75, 3.05) is 0 Å². The Hall–Kier alpha value is -11.1. The molecule has 0 amide bonds. The Morgan fingerprint density at radius 2 is 0.474 bits per heavy atom. The second-order valence-electron chi connectivity index (χ2n) is 20.1. The van der Waals surface area contributed by atoms with Crippen molar-refractivity contribution >= 4 is 35.8 Å². The number of halogens is 12. The van der Waals surface area contributed by atoms with Gasteiger partial charge in [-0.2, -0.15) is 0 Å². The number of alkyl halides is 12. The van der Waals surface area contributed by atoms with Crippen LogP contribution in [0.15, 0.2) is 146 Å². The lowest BCUT2D eigenvalue weighted by atomic mass is 9.79. The number of hydrogen-bond donors (Lipinski definition) is 3. The average Bonchev–Trinajstić information content (AvgIpc) is 0.738. The largest absolute Gasteiger partial charge is 0.573 e. The van der Waals surface area contributed by atoms with Crippen LogP contribution in [-0.4, -0.2) is 76.6 Å². The second-order valence-corrected chi connectivity index (χ2v) is 20.1. The highest BCUT2D eigenvalue weighted by atomic mass is 19.4. The van der Waals surface area contributed by atoms with Crippen LogP contribution in [0.3, 0.4) is 0 Å². The number of esters is 3. The molecule has 0 saturated carbocycles. The number of carbonyl (C=O) groups is 6. The molecule has 0 aliphatic heterocycles. The molecular weight excluding hydrogens is 1290 g/mol. The number of benzene rings is 8. The van der Waals surface area contributed by atoms with Gasteiger partial charge in [0, 0.05) is 54.2 Å². The molecule has 3 N–H and O–H groups in total. The van der Waals surface area contributed by atoms with E-state index in [9.17, 15) is 96.8 Å². The monoisotopic (exact) mass is 1340 g/mol. The summed E-state index contributed by atoms with van der Waals surface area (Å²) in [5.41, 5.74) is -0.133.